The van der Waals surface area contributed by atoms with Crippen LogP contribution in [0.5, 0.6) is 0 Å². The fourth-order valence-corrected chi connectivity index (χ4v) is 2.82. The lowest BCUT2D eigenvalue weighted by Gasteiger charge is -2.27. The molecular weight excluding hydrogens is 244 g/mol. The van der Waals surface area contributed by atoms with Gasteiger partial charge in [0, 0.05) is 11.1 Å². The summed E-state index contributed by atoms with van der Waals surface area (Å²) in [5.41, 5.74) is 5.34. The summed E-state index contributed by atoms with van der Waals surface area (Å²) < 4.78 is 0. The van der Waals surface area contributed by atoms with Gasteiger partial charge in [0.2, 0.25) is 0 Å². The van der Waals surface area contributed by atoms with Crippen LogP contribution in [-0.2, 0) is 0 Å². The molecule has 1 aliphatic rings. The number of carbonyl (C=O) groups excluding carboxylic acids is 1. The first-order valence-corrected chi connectivity index (χ1v) is 7.37. The molecule has 0 saturated heterocycles. The molecule has 2 aromatic rings. The minimum atomic E-state index is 0.163. The van der Waals surface area contributed by atoms with Gasteiger partial charge in [-0.25, -0.2) is 0 Å². The second-order valence-corrected chi connectivity index (χ2v) is 5.84. The van der Waals surface area contributed by atoms with Crippen LogP contribution in [0.25, 0.3) is 0 Å². The average molecular weight is 264 g/mol. The van der Waals surface area contributed by atoms with E-state index in [0.717, 1.165) is 11.1 Å². The van der Waals surface area contributed by atoms with Gasteiger partial charge < -0.3 is 0 Å². The molecule has 1 saturated carbocycles. The van der Waals surface area contributed by atoms with E-state index in [-0.39, 0.29) is 5.78 Å². The summed E-state index contributed by atoms with van der Waals surface area (Å²) in [6.45, 7) is 4.13. The highest BCUT2D eigenvalue weighted by Gasteiger charge is 2.24. The normalized spacial score (nSPS) is 14.9. The highest BCUT2D eigenvalue weighted by molar-refractivity contribution is 6.10. The molecule has 0 N–H and O–H groups in total. The zero-order valence-electron chi connectivity index (χ0n) is 12.1. The minimum Gasteiger partial charge on any atom is -0.289 e. The van der Waals surface area contributed by atoms with Crippen LogP contribution < -0.4 is 0 Å². The number of rotatable bonds is 3. The van der Waals surface area contributed by atoms with Crippen molar-refractivity contribution >= 4 is 5.78 Å². The lowest BCUT2D eigenvalue weighted by atomic mass is 9.77. The molecule has 1 aliphatic carbocycles. The smallest absolute Gasteiger partial charge is 0.193 e. The number of carbonyl (C=O) groups is 1. The molecule has 0 spiro atoms. The lowest BCUT2D eigenvalue weighted by Crippen LogP contribution is -2.14. The van der Waals surface area contributed by atoms with Crippen molar-refractivity contribution in [2.24, 2.45) is 0 Å². The van der Waals surface area contributed by atoms with Crippen LogP contribution >= 0.6 is 0 Å². The number of hydrogen-bond acceptors (Lipinski definition) is 1. The van der Waals surface area contributed by atoms with Crippen molar-refractivity contribution in [3.63, 3.8) is 0 Å². The van der Waals surface area contributed by atoms with Crippen LogP contribution in [0.15, 0.2) is 42.5 Å². The third-order valence-electron chi connectivity index (χ3n) is 4.52. The summed E-state index contributed by atoms with van der Waals surface area (Å²) >= 11 is 0. The molecular formula is C19H20O. The molecule has 102 valence electrons. The van der Waals surface area contributed by atoms with E-state index in [1.807, 2.05) is 36.4 Å². The summed E-state index contributed by atoms with van der Waals surface area (Å²) in [5.74, 6) is 0.747. The van der Waals surface area contributed by atoms with Crippen molar-refractivity contribution in [3.8, 4) is 0 Å². The van der Waals surface area contributed by atoms with E-state index in [1.54, 1.807) is 0 Å². The van der Waals surface area contributed by atoms with Gasteiger partial charge in [0.25, 0.3) is 0 Å². The van der Waals surface area contributed by atoms with Gasteiger partial charge in [-0.05, 0) is 55.4 Å². The maximum atomic E-state index is 12.8. The maximum Gasteiger partial charge on any atom is 0.193 e. The van der Waals surface area contributed by atoms with E-state index in [0.29, 0.717) is 5.92 Å². The third kappa shape index (κ3) is 2.29. The van der Waals surface area contributed by atoms with Gasteiger partial charge in [0.05, 0.1) is 0 Å². The Morgan fingerprint density at radius 2 is 1.75 bits per heavy atom. The standard InChI is InChI=1S/C19H20O/c1-13-10-11-16(12-14(13)2)19(20)18-9-4-3-8-17(18)15-6-5-7-15/h3-4,8-12,15H,5-7H2,1-2H3. The Labute approximate surface area is 120 Å². The van der Waals surface area contributed by atoms with E-state index >= 15 is 0 Å². The molecule has 1 heteroatoms. The summed E-state index contributed by atoms with van der Waals surface area (Å²) in [6.07, 6.45) is 3.73. The van der Waals surface area contributed by atoms with E-state index in [2.05, 4.69) is 19.9 Å². The summed E-state index contributed by atoms with van der Waals surface area (Å²) in [7, 11) is 0. The second-order valence-electron chi connectivity index (χ2n) is 5.84. The number of hydrogen-bond donors (Lipinski definition) is 0. The van der Waals surface area contributed by atoms with Crippen molar-refractivity contribution in [2.75, 3.05) is 0 Å². The fraction of sp³-hybridized carbons (Fsp3) is 0.316. The molecule has 2 aromatic carbocycles. The Morgan fingerprint density at radius 1 is 1.00 bits per heavy atom. The predicted molar refractivity (Wildman–Crippen MR) is 82.4 cm³/mol. The van der Waals surface area contributed by atoms with Gasteiger partial charge in [-0.3, -0.25) is 4.79 Å². The van der Waals surface area contributed by atoms with Gasteiger partial charge in [0.1, 0.15) is 0 Å². The second kappa shape index (κ2) is 5.24. The first kappa shape index (κ1) is 13.1. The van der Waals surface area contributed by atoms with Crippen LogP contribution in [-0.4, -0.2) is 5.78 Å². The molecule has 3 rings (SSSR count). The highest BCUT2D eigenvalue weighted by atomic mass is 16.1. The van der Waals surface area contributed by atoms with Crippen molar-refractivity contribution in [1.29, 1.82) is 0 Å². The maximum absolute atomic E-state index is 12.8. The van der Waals surface area contributed by atoms with Crippen molar-refractivity contribution < 1.29 is 4.79 Å². The van der Waals surface area contributed by atoms with Crippen molar-refractivity contribution in [1.82, 2.24) is 0 Å². The van der Waals surface area contributed by atoms with Gasteiger partial charge in [-0.15, -0.1) is 0 Å². The zero-order valence-corrected chi connectivity index (χ0v) is 12.1. The molecule has 0 heterocycles. The Balaban J connectivity index is 1.99. The number of ketones is 1. The average Bonchev–Trinajstić information content (AvgIpc) is 2.40. The largest absolute Gasteiger partial charge is 0.289 e. The van der Waals surface area contributed by atoms with Crippen LogP contribution in [0.2, 0.25) is 0 Å². The van der Waals surface area contributed by atoms with Crippen LogP contribution in [0.1, 0.15) is 57.8 Å². The highest BCUT2D eigenvalue weighted by Crippen LogP contribution is 2.38. The van der Waals surface area contributed by atoms with Crippen LogP contribution in [0, 0.1) is 13.8 Å². The molecule has 0 aromatic heterocycles. The molecule has 0 atom stereocenters. The van der Waals surface area contributed by atoms with E-state index in [4.69, 9.17) is 0 Å². The molecule has 0 aliphatic heterocycles. The summed E-state index contributed by atoms with van der Waals surface area (Å²) in [4.78, 5) is 12.8. The molecule has 0 radical (unpaired) electrons. The lowest BCUT2D eigenvalue weighted by molar-refractivity contribution is 0.103. The molecule has 0 unspecified atom stereocenters. The first-order valence-electron chi connectivity index (χ1n) is 7.37. The SMILES string of the molecule is Cc1ccc(C(=O)c2ccccc2C2CCC2)cc1C. The molecule has 0 amide bonds. The quantitative estimate of drug-likeness (QED) is 0.728. The van der Waals surface area contributed by atoms with E-state index < -0.39 is 0 Å². The van der Waals surface area contributed by atoms with Crippen LogP contribution in [0.4, 0.5) is 0 Å². The topological polar surface area (TPSA) is 17.1 Å². The summed E-state index contributed by atoms with van der Waals surface area (Å²) in [6, 6.07) is 14.1. The van der Waals surface area contributed by atoms with Crippen molar-refractivity contribution in [2.45, 2.75) is 39.0 Å². The Morgan fingerprint density at radius 3 is 2.40 bits per heavy atom. The van der Waals surface area contributed by atoms with E-state index in [1.165, 1.54) is 36.0 Å². The minimum absolute atomic E-state index is 0.163. The molecule has 0 bridgehead atoms. The van der Waals surface area contributed by atoms with E-state index in [9.17, 15) is 4.79 Å². The zero-order chi connectivity index (χ0) is 14.1. The van der Waals surface area contributed by atoms with Crippen molar-refractivity contribution in [3.05, 3.63) is 70.3 Å². The van der Waals surface area contributed by atoms with Crippen LogP contribution in [0.3, 0.4) is 0 Å². The van der Waals surface area contributed by atoms with Gasteiger partial charge in [-0.1, -0.05) is 42.8 Å². The van der Waals surface area contributed by atoms with Gasteiger partial charge in [0.15, 0.2) is 5.78 Å². The fourth-order valence-electron chi connectivity index (χ4n) is 2.82. The number of benzene rings is 2. The summed E-state index contributed by atoms with van der Waals surface area (Å²) in [5, 5.41) is 0. The molecule has 1 fully saturated rings. The molecule has 20 heavy (non-hydrogen) atoms. The first-order chi connectivity index (χ1) is 9.66. The monoisotopic (exact) mass is 264 g/mol. The Bertz CT molecular complexity index is 651. The predicted octanol–water partition coefficient (Wildman–Crippen LogP) is 4.80. The Kier molecular flexibility index (Phi) is 3.43. The third-order valence-corrected chi connectivity index (χ3v) is 4.52. The Hall–Kier alpha value is -1.89. The number of aryl methyl sites for hydroxylation is 2. The molecule has 1 nitrogen and oxygen atoms in total. The van der Waals surface area contributed by atoms with Gasteiger partial charge in [-0.2, -0.15) is 0 Å². The van der Waals surface area contributed by atoms with Gasteiger partial charge >= 0.3 is 0 Å².